The lowest BCUT2D eigenvalue weighted by molar-refractivity contribution is 0.348. The van der Waals surface area contributed by atoms with Gasteiger partial charge >= 0.3 is 0 Å². The summed E-state index contributed by atoms with van der Waals surface area (Å²) in [5.41, 5.74) is 3.07. The van der Waals surface area contributed by atoms with Crippen LogP contribution in [0.4, 0.5) is 0 Å². The van der Waals surface area contributed by atoms with Crippen molar-refractivity contribution < 1.29 is 0 Å². The van der Waals surface area contributed by atoms with E-state index in [4.69, 9.17) is 0 Å². The number of aryl methyl sites for hydroxylation is 1. The Kier molecular flexibility index (Phi) is 9.32. The van der Waals surface area contributed by atoms with E-state index in [0.717, 1.165) is 36.5 Å². The highest BCUT2D eigenvalue weighted by Crippen LogP contribution is 2.37. The molecule has 29 heavy (non-hydrogen) atoms. The zero-order chi connectivity index (χ0) is 20.3. The standard InChI is InChI=1S/C29H42/c1-3-5-6-7-9-25-10-12-26(13-11-25)14-15-27-18-22-29(23-19-27)28-20-16-24(8-4-2)17-21-28/h3,7,9,14-17,20-21,25-27,29H,1,4-6,8,10-13,18-19,22-23H2,2H3. The molecule has 2 aliphatic carbocycles. The van der Waals surface area contributed by atoms with Gasteiger partial charge in [-0.15, -0.1) is 6.58 Å². The highest BCUT2D eigenvalue weighted by molar-refractivity contribution is 5.26. The van der Waals surface area contributed by atoms with E-state index in [9.17, 15) is 0 Å². The van der Waals surface area contributed by atoms with Gasteiger partial charge in [0.2, 0.25) is 0 Å². The molecule has 0 aromatic heterocycles. The lowest BCUT2D eigenvalue weighted by Gasteiger charge is -2.28. The molecule has 0 aliphatic heterocycles. The van der Waals surface area contributed by atoms with Crippen molar-refractivity contribution in [2.45, 2.75) is 89.9 Å². The van der Waals surface area contributed by atoms with E-state index in [1.807, 2.05) is 6.08 Å². The minimum atomic E-state index is 0.790. The normalized spacial score (nSPS) is 28.2. The number of hydrogen-bond acceptors (Lipinski definition) is 0. The molecule has 0 N–H and O–H groups in total. The molecule has 0 heterocycles. The van der Waals surface area contributed by atoms with Crippen molar-refractivity contribution in [3.63, 3.8) is 0 Å². The molecule has 3 rings (SSSR count). The van der Waals surface area contributed by atoms with Crippen LogP contribution in [-0.2, 0) is 6.42 Å². The summed E-state index contributed by atoms with van der Waals surface area (Å²) in [6, 6.07) is 9.51. The van der Waals surface area contributed by atoms with Crippen molar-refractivity contribution in [1.82, 2.24) is 0 Å². The summed E-state index contributed by atoms with van der Waals surface area (Å²) in [6.45, 7) is 6.06. The summed E-state index contributed by atoms with van der Waals surface area (Å²) in [5, 5.41) is 0. The first-order valence-electron chi connectivity index (χ1n) is 12.3. The second-order valence-electron chi connectivity index (χ2n) is 9.46. The van der Waals surface area contributed by atoms with Gasteiger partial charge in [0, 0.05) is 0 Å². The average Bonchev–Trinajstić information content (AvgIpc) is 2.77. The maximum atomic E-state index is 3.80. The fourth-order valence-electron chi connectivity index (χ4n) is 5.24. The van der Waals surface area contributed by atoms with Crippen LogP contribution in [0.2, 0.25) is 0 Å². The lowest BCUT2D eigenvalue weighted by Crippen LogP contribution is -2.14. The SMILES string of the molecule is C=CCCC=CC1CCC(C=CC2CCC(c3ccc(CCC)cc3)CC2)CC1. The number of unbranched alkanes of at least 4 members (excludes halogenated alkanes) is 1. The van der Waals surface area contributed by atoms with E-state index in [0.29, 0.717) is 0 Å². The summed E-state index contributed by atoms with van der Waals surface area (Å²) in [4.78, 5) is 0. The molecule has 1 aromatic rings. The third-order valence-corrected chi connectivity index (χ3v) is 7.18. The summed E-state index contributed by atoms with van der Waals surface area (Å²) < 4.78 is 0. The van der Waals surface area contributed by atoms with Crippen LogP contribution in [0.25, 0.3) is 0 Å². The number of rotatable bonds is 9. The molecule has 0 unspecified atom stereocenters. The van der Waals surface area contributed by atoms with Gasteiger partial charge in [0.05, 0.1) is 0 Å². The van der Waals surface area contributed by atoms with Crippen molar-refractivity contribution in [3.8, 4) is 0 Å². The van der Waals surface area contributed by atoms with Crippen LogP contribution in [0.5, 0.6) is 0 Å². The highest BCUT2D eigenvalue weighted by Gasteiger charge is 2.22. The summed E-state index contributed by atoms with van der Waals surface area (Å²) in [6.07, 6.45) is 27.8. The quantitative estimate of drug-likeness (QED) is 0.292. The Morgan fingerprint density at radius 2 is 1.31 bits per heavy atom. The van der Waals surface area contributed by atoms with Crippen LogP contribution in [0.15, 0.2) is 61.2 Å². The van der Waals surface area contributed by atoms with Gasteiger partial charge in [0.15, 0.2) is 0 Å². The molecule has 1 aromatic carbocycles. The molecular formula is C29H42. The van der Waals surface area contributed by atoms with Gasteiger partial charge < -0.3 is 0 Å². The largest absolute Gasteiger partial charge is 0.103 e. The van der Waals surface area contributed by atoms with Gasteiger partial charge in [0.25, 0.3) is 0 Å². The van der Waals surface area contributed by atoms with Gasteiger partial charge in [-0.05, 0) is 105 Å². The Hall–Kier alpha value is -1.56. The minimum absolute atomic E-state index is 0.790. The van der Waals surface area contributed by atoms with E-state index in [1.54, 1.807) is 5.56 Å². The number of allylic oxidation sites excluding steroid dienone is 5. The number of hydrogen-bond donors (Lipinski definition) is 0. The Bertz CT molecular complexity index is 631. The molecule has 0 bridgehead atoms. The monoisotopic (exact) mass is 390 g/mol. The highest BCUT2D eigenvalue weighted by atomic mass is 14.3. The molecule has 158 valence electrons. The molecule has 0 heteroatoms. The van der Waals surface area contributed by atoms with Crippen molar-refractivity contribution in [2.24, 2.45) is 17.8 Å². The summed E-state index contributed by atoms with van der Waals surface area (Å²) >= 11 is 0. The molecule has 2 aliphatic rings. The topological polar surface area (TPSA) is 0 Å². The molecule has 0 spiro atoms. The predicted octanol–water partition coefficient (Wildman–Crippen LogP) is 8.80. The fourth-order valence-corrected chi connectivity index (χ4v) is 5.24. The van der Waals surface area contributed by atoms with Gasteiger partial charge in [-0.2, -0.15) is 0 Å². The molecule has 0 amide bonds. The third kappa shape index (κ3) is 7.32. The second-order valence-corrected chi connectivity index (χ2v) is 9.46. The van der Waals surface area contributed by atoms with E-state index < -0.39 is 0 Å². The first kappa shape index (κ1) is 22.1. The van der Waals surface area contributed by atoms with E-state index in [-0.39, 0.29) is 0 Å². The van der Waals surface area contributed by atoms with Crippen LogP contribution in [0.3, 0.4) is 0 Å². The van der Waals surface area contributed by atoms with Crippen LogP contribution in [0, 0.1) is 17.8 Å². The van der Waals surface area contributed by atoms with E-state index in [1.165, 1.54) is 69.8 Å². The molecule has 0 saturated heterocycles. The van der Waals surface area contributed by atoms with Gasteiger partial charge in [-0.3, -0.25) is 0 Å². The molecule has 2 fully saturated rings. The van der Waals surface area contributed by atoms with Crippen molar-refractivity contribution in [2.75, 3.05) is 0 Å². The zero-order valence-electron chi connectivity index (χ0n) is 18.7. The average molecular weight is 391 g/mol. The first-order valence-corrected chi connectivity index (χ1v) is 12.3. The second kappa shape index (κ2) is 12.2. The van der Waals surface area contributed by atoms with Gasteiger partial charge in [-0.1, -0.05) is 68.0 Å². The van der Waals surface area contributed by atoms with Crippen LogP contribution >= 0.6 is 0 Å². The van der Waals surface area contributed by atoms with E-state index >= 15 is 0 Å². The summed E-state index contributed by atoms with van der Waals surface area (Å²) in [7, 11) is 0. The van der Waals surface area contributed by atoms with Gasteiger partial charge in [0.1, 0.15) is 0 Å². The smallest absolute Gasteiger partial charge is 0.0162 e. The third-order valence-electron chi connectivity index (χ3n) is 7.18. The molecule has 2 saturated carbocycles. The zero-order valence-corrected chi connectivity index (χ0v) is 18.7. The Labute approximate surface area is 180 Å². The van der Waals surface area contributed by atoms with Crippen molar-refractivity contribution >= 4 is 0 Å². The van der Waals surface area contributed by atoms with Crippen LogP contribution in [0.1, 0.15) is 94.6 Å². The Morgan fingerprint density at radius 1 is 0.759 bits per heavy atom. The Morgan fingerprint density at radius 3 is 1.86 bits per heavy atom. The predicted molar refractivity (Wildman–Crippen MR) is 128 cm³/mol. The maximum Gasteiger partial charge on any atom is -0.0162 e. The van der Waals surface area contributed by atoms with Gasteiger partial charge in [-0.25, -0.2) is 0 Å². The fraction of sp³-hybridized carbons (Fsp3) is 0.586. The molecule has 0 atom stereocenters. The summed E-state index contributed by atoms with van der Waals surface area (Å²) in [5.74, 6) is 3.26. The Balaban J connectivity index is 1.37. The molecule has 0 nitrogen and oxygen atoms in total. The first-order chi connectivity index (χ1) is 14.3. The van der Waals surface area contributed by atoms with Crippen molar-refractivity contribution in [1.29, 1.82) is 0 Å². The van der Waals surface area contributed by atoms with Crippen LogP contribution < -0.4 is 0 Å². The van der Waals surface area contributed by atoms with Crippen molar-refractivity contribution in [3.05, 3.63) is 72.4 Å². The van der Waals surface area contributed by atoms with E-state index in [2.05, 4.69) is 62.1 Å². The number of benzene rings is 1. The van der Waals surface area contributed by atoms with Crippen LogP contribution in [-0.4, -0.2) is 0 Å². The molecular weight excluding hydrogens is 348 g/mol. The minimum Gasteiger partial charge on any atom is -0.103 e. The molecule has 0 radical (unpaired) electrons. The maximum absolute atomic E-state index is 3.80. The lowest BCUT2D eigenvalue weighted by atomic mass is 9.77.